The maximum Gasteiger partial charge on any atom is 0.270 e. The van der Waals surface area contributed by atoms with Crippen LogP contribution in [-0.2, 0) is 6.54 Å². The Morgan fingerprint density at radius 1 is 1.16 bits per heavy atom. The van der Waals surface area contributed by atoms with E-state index in [1.165, 1.54) is 0 Å². The van der Waals surface area contributed by atoms with Gasteiger partial charge in [-0.15, -0.1) is 0 Å². The number of imidazole rings is 1. The van der Waals surface area contributed by atoms with E-state index < -0.39 is 5.60 Å². The molecule has 4 rings (SSSR count). The fraction of sp³-hybridized carbons (Fsp3) is 0.455. The van der Waals surface area contributed by atoms with Crippen LogP contribution in [-0.4, -0.2) is 70.5 Å². The first-order valence-corrected chi connectivity index (χ1v) is 10.2. The first kappa shape index (κ1) is 21.0. The number of aromatic amines is 1. The maximum absolute atomic E-state index is 13.2. The summed E-state index contributed by atoms with van der Waals surface area (Å²) in [6.07, 6.45) is 4.60. The zero-order valence-corrected chi connectivity index (χ0v) is 18.3. The van der Waals surface area contributed by atoms with E-state index in [-0.39, 0.29) is 5.91 Å². The molecule has 9 nitrogen and oxygen atoms in total. The number of methoxy groups -OCH3 is 3. The van der Waals surface area contributed by atoms with E-state index in [4.69, 9.17) is 14.2 Å². The second-order valence-electron chi connectivity index (χ2n) is 7.91. The lowest BCUT2D eigenvalue weighted by atomic mass is 9.91. The van der Waals surface area contributed by atoms with Crippen molar-refractivity contribution in [3.63, 3.8) is 0 Å². The Labute approximate surface area is 180 Å². The van der Waals surface area contributed by atoms with E-state index in [1.807, 2.05) is 23.8 Å². The Balaban J connectivity index is 1.53. The van der Waals surface area contributed by atoms with Crippen molar-refractivity contribution in [3.05, 3.63) is 36.0 Å². The average molecular weight is 428 g/mol. The van der Waals surface area contributed by atoms with Crippen LogP contribution in [0.1, 0.15) is 29.2 Å². The number of aliphatic hydroxyl groups is 1. The normalized spacial score (nSPS) is 15.8. The molecular formula is C22H28N4O5. The summed E-state index contributed by atoms with van der Waals surface area (Å²) < 4.78 is 18.3. The van der Waals surface area contributed by atoms with Gasteiger partial charge in [-0.05, 0) is 31.9 Å². The van der Waals surface area contributed by atoms with Gasteiger partial charge in [0.1, 0.15) is 11.5 Å². The molecule has 0 bridgehead atoms. The molecule has 1 aliphatic heterocycles. The number of aryl methyl sites for hydroxylation is 1. The Morgan fingerprint density at radius 3 is 2.45 bits per heavy atom. The number of H-pyrrole nitrogens is 1. The van der Waals surface area contributed by atoms with Gasteiger partial charge in [-0.3, -0.25) is 4.79 Å². The molecule has 2 N–H and O–H groups in total. The van der Waals surface area contributed by atoms with Crippen molar-refractivity contribution in [2.45, 2.75) is 31.9 Å². The number of nitrogens with one attached hydrogen (secondary N) is 1. The molecule has 3 aromatic rings. The van der Waals surface area contributed by atoms with Gasteiger partial charge in [0.15, 0.2) is 11.5 Å². The van der Waals surface area contributed by atoms with Crippen molar-refractivity contribution in [2.75, 3.05) is 34.4 Å². The van der Waals surface area contributed by atoms with Crippen molar-refractivity contribution in [3.8, 4) is 17.2 Å². The molecule has 1 saturated heterocycles. The van der Waals surface area contributed by atoms with Crippen LogP contribution >= 0.6 is 0 Å². The van der Waals surface area contributed by atoms with Crippen molar-refractivity contribution in [2.24, 2.45) is 0 Å². The molecule has 31 heavy (non-hydrogen) atoms. The van der Waals surface area contributed by atoms with Crippen molar-refractivity contribution in [1.82, 2.24) is 19.4 Å². The highest BCUT2D eigenvalue weighted by Gasteiger charge is 2.35. The molecule has 1 amide bonds. The molecular weight excluding hydrogens is 400 g/mol. The standard InChI is InChI=1S/C22H28N4O5/c1-14-23-7-10-26(14)13-22(28)5-8-25(9-6-22)21(27)16-11-15-12-17(29-2)19(30-3)20(31-4)18(15)24-16/h7,10-12,24,28H,5-6,8-9,13H2,1-4H3. The van der Waals surface area contributed by atoms with Crippen LogP contribution in [0.5, 0.6) is 17.2 Å². The van der Waals surface area contributed by atoms with Gasteiger partial charge in [0.05, 0.1) is 39.0 Å². The fourth-order valence-electron chi connectivity index (χ4n) is 4.20. The number of nitrogens with zero attached hydrogens (tertiary/aromatic N) is 3. The van der Waals surface area contributed by atoms with Gasteiger partial charge in [-0.1, -0.05) is 0 Å². The van der Waals surface area contributed by atoms with Crippen LogP contribution in [0.2, 0.25) is 0 Å². The minimum atomic E-state index is -0.855. The number of amides is 1. The molecule has 0 unspecified atom stereocenters. The third-order valence-electron chi connectivity index (χ3n) is 6.02. The minimum Gasteiger partial charge on any atom is -0.493 e. The summed E-state index contributed by atoms with van der Waals surface area (Å²) in [5.41, 5.74) is 0.277. The van der Waals surface area contributed by atoms with Gasteiger partial charge in [-0.25, -0.2) is 4.98 Å². The molecule has 166 valence electrons. The third kappa shape index (κ3) is 3.81. The molecule has 0 saturated carbocycles. The number of ether oxygens (including phenoxy) is 3. The van der Waals surface area contributed by atoms with Gasteiger partial charge in [0.25, 0.3) is 5.91 Å². The highest BCUT2D eigenvalue weighted by Crippen LogP contribution is 2.43. The largest absolute Gasteiger partial charge is 0.493 e. The van der Waals surface area contributed by atoms with E-state index in [0.717, 1.165) is 11.2 Å². The summed E-state index contributed by atoms with van der Waals surface area (Å²) in [5.74, 6) is 2.24. The Hall–Kier alpha value is -3.20. The van der Waals surface area contributed by atoms with Crippen LogP contribution in [0.15, 0.2) is 24.5 Å². The lowest BCUT2D eigenvalue weighted by molar-refractivity contribution is -0.0296. The minimum absolute atomic E-state index is 0.114. The number of carbonyl (C=O) groups is 1. The highest BCUT2D eigenvalue weighted by atomic mass is 16.5. The highest BCUT2D eigenvalue weighted by molar-refractivity contribution is 6.01. The first-order valence-electron chi connectivity index (χ1n) is 10.2. The summed E-state index contributed by atoms with van der Waals surface area (Å²) in [5, 5.41) is 11.8. The van der Waals surface area contributed by atoms with Crippen LogP contribution in [0, 0.1) is 6.92 Å². The molecule has 9 heteroatoms. The number of fused-ring (bicyclic) bond motifs is 1. The number of hydrogen-bond acceptors (Lipinski definition) is 6. The fourth-order valence-corrected chi connectivity index (χ4v) is 4.20. The van der Waals surface area contributed by atoms with Gasteiger partial charge >= 0.3 is 0 Å². The van der Waals surface area contributed by atoms with Crippen molar-refractivity contribution >= 4 is 16.8 Å². The van der Waals surface area contributed by atoms with E-state index in [1.54, 1.807) is 38.5 Å². The quantitative estimate of drug-likeness (QED) is 0.625. The van der Waals surface area contributed by atoms with Gasteiger partial charge in [0.2, 0.25) is 5.75 Å². The predicted octanol–water partition coefficient (Wildman–Crippen LogP) is 2.37. The zero-order valence-electron chi connectivity index (χ0n) is 18.3. The number of carbonyl (C=O) groups excluding carboxylic acids is 1. The summed E-state index contributed by atoms with van der Waals surface area (Å²) in [6, 6.07) is 3.60. The number of piperidine rings is 1. The third-order valence-corrected chi connectivity index (χ3v) is 6.02. The number of hydrogen-bond donors (Lipinski definition) is 2. The van der Waals surface area contributed by atoms with E-state index in [2.05, 4.69) is 9.97 Å². The summed E-state index contributed by atoms with van der Waals surface area (Å²) in [4.78, 5) is 22.3. The Morgan fingerprint density at radius 2 is 1.87 bits per heavy atom. The van der Waals surface area contributed by atoms with Gasteiger partial charge < -0.3 is 33.8 Å². The number of likely N-dealkylation sites (tertiary alicyclic amines) is 1. The van der Waals surface area contributed by atoms with Crippen LogP contribution in [0.3, 0.4) is 0 Å². The summed E-state index contributed by atoms with van der Waals surface area (Å²) in [6.45, 7) is 3.34. The second-order valence-corrected chi connectivity index (χ2v) is 7.91. The topological polar surface area (TPSA) is 102 Å². The van der Waals surface area contributed by atoms with E-state index in [9.17, 15) is 9.90 Å². The Kier molecular flexibility index (Phi) is 5.53. The molecule has 0 aliphatic carbocycles. The molecule has 3 heterocycles. The summed E-state index contributed by atoms with van der Waals surface area (Å²) in [7, 11) is 4.65. The average Bonchev–Trinajstić information content (AvgIpc) is 3.37. The van der Waals surface area contributed by atoms with Crippen molar-refractivity contribution < 1.29 is 24.1 Å². The number of benzene rings is 1. The van der Waals surface area contributed by atoms with Crippen LogP contribution in [0.25, 0.3) is 10.9 Å². The Bertz CT molecular complexity index is 1090. The molecule has 1 fully saturated rings. The number of aromatic nitrogens is 3. The molecule has 1 aliphatic rings. The first-order chi connectivity index (χ1) is 14.9. The monoisotopic (exact) mass is 428 g/mol. The zero-order chi connectivity index (χ0) is 22.2. The SMILES string of the molecule is COc1cc2cc(C(=O)N3CCC(O)(Cn4ccnc4C)CC3)[nH]c2c(OC)c1OC. The number of rotatable bonds is 6. The maximum atomic E-state index is 13.2. The van der Waals surface area contributed by atoms with E-state index >= 15 is 0 Å². The van der Waals surface area contributed by atoms with Gasteiger partial charge in [-0.2, -0.15) is 0 Å². The van der Waals surface area contributed by atoms with Crippen molar-refractivity contribution in [1.29, 1.82) is 0 Å². The molecule has 0 spiro atoms. The molecule has 2 aromatic heterocycles. The second kappa shape index (κ2) is 8.14. The predicted molar refractivity (Wildman–Crippen MR) is 115 cm³/mol. The van der Waals surface area contributed by atoms with Crippen LogP contribution in [0.4, 0.5) is 0 Å². The summed E-state index contributed by atoms with van der Waals surface area (Å²) >= 11 is 0. The van der Waals surface area contributed by atoms with Crippen LogP contribution < -0.4 is 14.2 Å². The molecule has 0 radical (unpaired) electrons. The lowest BCUT2D eigenvalue weighted by Crippen LogP contribution is -2.48. The lowest BCUT2D eigenvalue weighted by Gasteiger charge is -2.38. The smallest absolute Gasteiger partial charge is 0.270 e. The molecule has 1 aromatic carbocycles. The molecule has 0 atom stereocenters. The van der Waals surface area contributed by atoms with E-state index in [0.29, 0.717) is 60.9 Å². The van der Waals surface area contributed by atoms with Gasteiger partial charge in [0, 0.05) is 30.9 Å².